The van der Waals surface area contributed by atoms with Gasteiger partial charge in [-0.25, -0.2) is 19.3 Å². The van der Waals surface area contributed by atoms with Crippen LogP contribution in [-0.4, -0.2) is 29.7 Å². The van der Waals surface area contributed by atoms with Crippen molar-refractivity contribution in [2.75, 3.05) is 11.1 Å². The molecular formula is C24H21FN8O2. The molecule has 0 saturated carbocycles. The Morgan fingerprint density at radius 2 is 1.91 bits per heavy atom. The minimum absolute atomic E-state index is 0.0803. The molecule has 5 rings (SSSR count). The molecule has 0 fully saturated rings. The Balaban J connectivity index is 1.71. The maximum atomic E-state index is 14.7. The first-order valence-corrected chi connectivity index (χ1v) is 10.9. The minimum Gasteiger partial charge on any atom is -0.383 e. The number of hydrogen-bond donors (Lipinski definition) is 2. The van der Waals surface area contributed by atoms with E-state index in [9.17, 15) is 9.18 Å². The second kappa shape index (κ2) is 8.93. The quantitative estimate of drug-likeness (QED) is 0.378. The molecule has 3 aromatic heterocycles. The average molecular weight is 472 g/mol. The summed E-state index contributed by atoms with van der Waals surface area (Å²) in [4.78, 5) is 30.9. The van der Waals surface area contributed by atoms with E-state index in [0.717, 1.165) is 0 Å². The van der Waals surface area contributed by atoms with Gasteiger partial charge in [0.05, 0.1) is 17.2 Å². The lowest BCUT2D eigenvalue weighted by Gasteiger charge is -2.23. The van der Waals surface area contributed by atoms with Gasteiger partial charge in [-0.15, -0.1) is 0 Å². The monoisotopic (exact) mass is 472 g/mol. The molecule has 0 radical (unpaired) electrons. The minimum atomic E-state index is -0.630. The van der Waals surface area contributed by atoms with Gasteiger partial charge in [-0.1, -0.05) is 36.3 Å². The Bertz CT molecular complexity index is 1580. The predicted octanol–water partition coefficient (Wildman–Crippen LogP) is 3.82. The number of aryl methyl sites for hydroxylation is 1. The Hall–Kier alpha value is -4.67. The van der Waals surface area contributed by atoms with Crippen LogP contribution in [0.5, 0.6) is 0 Å². The van der Waals surface area contributed by atoms with Crippen molar-refractivity contribution >= 4 is 22.5 Å². The van der Waals surface area contributed by atoms with Crippen LogP contribution in [-0.2, 0) is 0 Å². The van der Waals surface area contributed by atoms with Crippen LogP contribution in [0.3, 0.4) is 0 Å². The third-order valence-corrected chi connectivity index (χ3v) is 5.54. The summed E-state index contributed by atoms with van der Waals surface area (Å²) in [6, 6.07) is 12.8. The summed E-state index contributed by atoms with van der Waals surface area (Å²) in [5.41, 5.74) is 6.77. The molecule has 0 amide bonds. The van der Waals surface area contributed by atoms with E-state index in [1.165, 1.54) is 23.0 Å². The topological polar surface area (TPSA) is 138 Å². The third-order valence-electron chi connectivity index (χ3n) is 5.54. The first-order valence-electron chi connectivity index (χ1n) is 10.9. The number of aromatic nitrogens is 6. The molecule has 176 valence electrons. The third kappa shape index (κ3) is 3.97. The fourth-order valence-corrected chi connectivity index (χ4v) is 3.90. The van der Waals surface area contributed by atoms with E-state index in [4.69, 9.17) is 15.2 Å². The van der Waals surface area contributed by atoms with Crippen LogP contribution in [0.1, 0.15) is 31.0 Å². The van der Waals surface area contributed by atoms with E-state index in [1.54, 1.807) is 37.3 Å². The number of hydrogen-bond acceptors (Lipinski definition) is 9. The number of halogens is 1. The van der Waals surface area contributed by atoms with E-state index in [-0.39, 0.29) is 22.6 Å². The molecule has 2 aromatic carbocycles. The van der Waals surface area contributed by atoms with Gasteiger partial charge in [-0.3, -0.25) is 9.36 Å². The molecule has 5 aromatic rings. The highest BCUT2D eigenvalue weighted by Crippen LogP contribution is 2.32. The molecule has 0 aliphatic heterocycles. The zero-order valence-electron chi connectivity index (χ0n) is 18.9. The van der Waals surface area contributed by atoms with Crippen molar-refractivity contribution < 1.29 is 8.91 Å². The zero-order valence-corrected chi connectivity index (χ0v) is 18.9. The summed E-state index contributed by atoms with van der Waals surface area (Å²) in [6.45, 7) is 3.61. The second-order valence-corrected chi connectivity index (χ2v) is 7.81. The van der Waals surface area contributed by atoms with E-state index in [0.29, 0.717) is 35.1 Å². The van der Waals surface area contributed by atoms with Crippen LogP contribution in [0.15, 0.2) is 64.2 Å². The largest absolute Gasteiger partial charge is 0.383 e. The number of fused-ring (bicyclic) bond motifs is 1. The first kappa shape index (κ1) is 22.1. The number of nitrogens with two attached hydrogens (primary N) is 1. The van der Waals surface area contributed by atoms with Crippen LogP contribution in [0.25, 0.3) is 28.0 Å². The van der Waals surface area contributed by atoms with Crippen LogP contribution < -0.4 is 16.6 Å². The Morgan fingerprint density at radius 1 is 1.11 bits per heavy atom. The normalized spacial score (nSPS) is 12.1. The summed E-state index contributed by atoms with van der Waals surface area (Å²) in [5, 5.41) is 7.05. The summed E-state index contributed by atoms with van der Waals surface area (Å²) in [6.07, 6.45) is 1.82. The smallest absolute Gasteiger partial charge is 0.269 e. The highest BCUT2D eigenvalue weighted by Gasteiger charge is 2.25. The molecule has 0 spiro atoms. The summed E-state index contributed by atoms with van der Waals surface area (Å²) >= 11 is 0. The van der Waals surface area contributed by atoms with Gasteiger partial charge in [-0.05, 0) is 37.6 Å². The standard InChI is InChI=1S/C24H21FN8O2/c1-3-16(30-21-19(20(26)27-12-28-21)23-29-13(2)32-35-23)22-31-17-11-7-10-15(25)18(17)24(34)33(22)14-8-5-4-6-9-14/h4-12,16H,3H2,1-2H3,(H3,26,27,28,30). The Labute approximate surface area is 198 Å². The van der Waals surface area contributed by atoms with E-state index < -0.39 is 17.4 Å². The average Bonchev–Trinajstić information content (AvgIpc) is 3.28. The molecule has 0 bridgehead atoms. The van der Waals surface area contributed by atoms with Crippen molar-refractivity contribution in [3.05, 3.63) is 82.7 Å². The highest BCUT2D eigenvalue weighted by molar-refractivity contribution is 5.80. The fourth-order valence-electron chi connectivity index (χ4n) is 3.90. The number of para-hydroxylation sites is 1. The van der Waals surface area contributed by atoms with Gasteiger partial charge >= 0.3 is 0 Å². The van der Waals surface area contributed by atoms with Gasteiger partial charge in [0.15, 0.2) is 5.82 Å². The zero-order chi connectivity index (χ0) is 24.5. The molecule has 3 N–H and O–H groups in total. The van der Waals surface area contributed by atoms with Gasteiger partial charge in [0, 0.05) is 0 Å². The van der Waals surface area contributed by atoms with Crippen molar-refractivity contribution in [2.24, 2.45) is 0 Å². The summed E-state index contributed by atoms with van der Waals surface area (Å²) in [5.74, 6) is 0.821. The van der Waals surface area contributed by atoms with Gasteiger partial charge in [-0.2, -0.15) is 4.98 Å². The molecule has 0 saturated heterocycles. The molecule has 1 unspecified atom stereocenters. The van der Waals surface area contributed by atoms with Crippen molar-refractivity contribution in [2.45, 2.75) is 26.3 Å². The summed E-state index contributed by atoms with van der Waals surface area (Å²) in [7, 11) is 0. The first-order chi connectivity index (χ1) is 17.0. The molecule has 3 heterocycles. The van der Waals surface area contributed by atoms with Crippen molar-refractivity contribution in [1.82, 2.24) is 29.7 Å². The number of nitrogens with one attached hydrogen (secondary N) is 1. The Morgan fingerprint density at radius 3 is 2.63 bits per heavy atom. The Kier molecular flexibility index (Phi) is 5.65. The van der Waals surface area contributed by atoms with E-state index >= 15 is 0 Å². The van der Waals surface area contributed by atoms with Crippen LogP contribution >= 0.6 is 0 Å². The molecule has 10 nitrogen and oxygen atoms in total. The highest BCUT2D eigenvalue weighted by atomic mass is 19.1. The molecule has 0 aliphatic rings. The SMILES string of the molecule is CCC(Nc1ncnc(N)c1-c1nc(C)no1)c1nc2cccc(F)c2c(=O)n1-c1ccccc1. The van der Waals surface area contributed by atoms with E-state index in [2.05, 4.69) is 25.4 Å². The number of anilines is 2. The number of nitrogen functional groups attached to an aromatic ring is 1. The number of nitrogens with zero attached hydrogens (tertiary/aromatic N) is 6. The lowest BCUT2D eigenvalue weighted by atomic mass is 10.1. The molecule has 11 heteroatoms. The maximum absolute atomic E-state index is 14.7. The van der Waals surface area contributed by atoms with Crippen molar-refractivity contribution in [3.63, 3.8) is 0 Å². The molecule has 1 atom stereocenters. The lowest BCUT2D eigenvalue weighted by Crippen LogP contribution is -2.29. The van der Waals surface area contributed by atoms with Gasteiger partial charge < -0.3 is 15.6 Å². The molecule has 35 heavy (non-hydrogen) atoms. The molecule has 0 aliphatic carbocycles. The maximum Gasteiger partial charge on any atom is 0.269 e. The van der Waals surface area contributed by atoms with Gasteiger partial charge in [0.1, 0.15) is 40.6 Å². The predicted molar refractivity (Wildman–Crippen MR) is 128 cm³/mol. The molecular weight excluding hydrogens is 451 g/mol. The lowest BCUT2D eigenvalue weighted by molar-refractivity contribution is 0.425. The number of rotatable bonds is 6. The van der Waals surface area contributed by atoms with Gasteiger partial charge in [0.2, 0.25) is 0 Å². The van der Waals surface area contributed by atoms with Gasteiger partial charge in [0.25, 0.3) is 11.4 Å². The second-order valence-electron chi connectivity index (χ2n) is 7.81. The van der Waals surface area contributed by atoms with Crippen LogP contribution in [0, 0.1) is 12.7 Å². The van der Waals surface area contributed by atoms with Crippen molar-refractivity contribution in [1.29, 1.82) is 0 Å². The van der Waals surface area contributed by atoms with E-state index in [1.807, 2.05) is 13.0 Å². The summed E-state index contributed by atoms with van der Waals surface area (Å²) < 4.78 is 21.4. The van der Waals surface area contributed by atoms with Crippen LogP contribution in [0.4, 0.5) is 16.0 Å². The fraction of sp³-hybridized carbons (Fsp3) is 0.167. The number of benzene rings is 2. The van der Waals surface area contributed by atoms with Crippen LogP contribution in [0.2, 0.25) is 0 Å². The van der Waals surface area contributed by atoms with Crippen molar-refractivity contribution in [3.8, 4) is 17.1 Å².